The molecule has 0 saturated heterocycles. The summed E-state index contributed by atoms with van der Waals surface area (Å²) >= 11 is 1.54. The molecular formula is C20H19F2N7OS. The number of nitrogens with zero attached hydrogens (tertiary/aromatic N) is 5. The maximum absolute atomic E-state index is 14.9. The number of nitrogen functional groups attached to an aromatic ring is 1. The largest absolute Gasteiger partial charge is 0.490 e. The van der Waals surface area contributed by atoms with Crippen molar-refractivity contribution in [2.24, 2.45) is 0 Å². The zero-order valence-electron chi connectivity index (χ0n) is 16.5. The summed E-state index contributed by atoms with van der Waals surface area (Å²) in [6.07, 6.45) is 2.29. The van der Waals surface area contributed by atoms with E-state index in [9.17, 15) is 8.78 Å². The predicted octanol–water partition coefficient (Wildman–Crippen LogP) is 3.30. The number of hydrogen-bond donors (Lipinski definition) is 2. The number of nitrogens with two attached hydrogens (primary N) is 1. The van der Waals surface area contributed by atoms with Crippen LogP contribution in [0.15, 0.2) is 41.2 Å². The highest BCUT2D eigenvalue weighted by atomic mass is 32.1. The molecule has 0 aliphatic heterocycles. The van der Waals surface area contributed by atoms with Gasteiger partial charge in [0.25, 0.3) is 0 Å². The van der Waals surface area contributed by atoms with Crippen LogP contribution in [0, 0.1) is 11.6 Å². The van der Waals surface area contributed by atoms with E-state index in [0.29, 0.717) is 18.5 Å². The number of ether oxygens (including phenoxy) is 1. The van der Waals surface area contributed by atoms with Gasteiger partial charge in [0.2, 0.25) is 5.82 Å². The number of aromatic nitrogens is 5. The smallest absolute Gasteiger partial charge is 0.202 e. The van der Waals surface area contributed by atoms with Gasteiger partial charge in [-0.05, 0) is 71.0 Å². The standard InChI is InChI=1S/C20H19F2N7OS/c1-24-6-2-7-30-16-4-3-15(17(21)18(16)22)29-20(26-27-28-29)14-9-13(10-25-19(14)23)12-5-8-31-11-12/h3-5,8-11,24H,2,6-7H2,1H3,(H2,23,25). The van der Waals surface area contributed by atoms with E-state index in [1.165, 1.54) is 12.1 Å². The monoisotopic (exact) mass is 443 g/mol. The van der Waals surface area contributed by atoms with Crippen molar-refractivity contribution < 1.29 is 13.5 Å². The molecular weight excluding hydrogens is 424 g/mol. The third-order valence-electron chi connectivity index (χ3n) is 4.57. The molecule has 1 aromatic carbocycles. The summed E-state index contributed by atoms with van der Waals surface area (Å²) in [5.74, 6) is -2.10. The molecule has 3 N–H and O–H groups in total. The van der Waals surface area contributed by atoms with E-state index in [4.69, 9.17) is 10.5 Å². The van der Waals surface area contributed by atoms with Crippen molar-refractivity contribution in [1.29, 1.82) is 0 Å². The zero-order chi connectivity index (χ0) is 21.8. The first kappa shape index (κ1) is 20.8. The lowest BCUT2D eigenvalue weighted by atomic mass is 10.1. The maximum atomic E-state index is 14.9. The molecule has 4 aromatic rings. The van der Waals surface area contributed by atoms with E-state index in [1.807, 2.05) is 16.8 Å². The molecule has 160 valence electrons. The lowest BCUT2D eigenvalue weighted by Gasteiger charge is -2.12. The van der Waals surface area contributed by atoms with Gasteiger partial charge in [0, 0.05) is 11.8 Å². The van der Waals surface area contributed by atoms with Gasteiger partial charge in [-0.1, -0.05) is 0 Å². The Balaban J connectivity index is 1.69. The van der Waals surface area contributed by atoms with Gasteiger partial charge < -0.3 is 15.8 Å². The molecule has 11 heteroatoms. The fourth-order valence-corrected chi connectivity index (χ4v) is 3.65. The molecule has 8 nitrogen and oxygen atoms in total. The van der Waals surface area contributed by atoms with Crippen LogP contribution in [0.3, 0.4) is 0 Å². The highest BCUT2D eigenvalue weighted by molar-refractivity contribution is 7.08. The van der Waals surface area contributed by atoms with Crippen molar-refractivity contribution in [3.05, 3.63) is 52.9 Å². The summed E-state index contributed by atoms with van der Waals surface area (Å²) in [7, 11) is 1.80. The van der Waals surface area contributed by atoms with Gasteiger partial charge >= 0.3 is 0 Å². The normalized spacial score (nSPS) is 11.1. The lowest BCUT2D eigenvalue weighted by Crippen LogP contribution is -2.12. The summed E-state index contributed by atoms with van der Waals surface area (Å²) in [6, 6.07) is 6.41. The molecule has 0 aliphatic rings. The van der Waals surface area contributed by atoms with Crippen LogP contribution in [-0.2, 0) is 0 Å². The van der Waals surface area contributed by atoms with E-state index < -0.39 is 11.6 Å². The van der Waals surface area contributed by atoms with Gasteiger partial charge in [-0.3, -0.25) is 0 Å². The Kier molecular flexibility index (Phi) is 6.14. The average molecular weight is 443 g/mol. The van der Waals surface area contributed by atoms with Crippen molar-refractivity contribution in [2.45, 2.75) is 6.42 Å². The van der Waals surface area contributed by atoms with Crippen LogP contribution >= 0.6 is 11.3 Å². The number of thiophene rings is 1. The van der Waals surface area contributed by atoms with E-state index in [0.717, 1.165) is 15.8 Å². The highest BCUT2D eigenvalue weighted by Gasteiger charge is 2.22. The molecule has 3 heterocycles. The van der Waals surface area contributed by atoms with Crippen molar-refractivity contribution in [2.75, 3.05) is 25.9 Å². The van der Waals surface area contributed by atoms with Crippen molar-refractivity contribution >= 4 is 17.2 Å². The minimum Gasteiger partial charge on any atom is -0.490 e. The van der Waals surface area contributed by atoms with Crippen molar-refractivity contribution in [1.82, 2.24) is 30.5 Å². The van der Waals surface area contributed by atoms with Gasteiger partial charge in [-0.25, -0.2) is 9.37 Å². The molecule has 3 aromatic heterocycles. The number of benzene rings is 1. The summed E-state index contributed by atoms with van der Waals surface area (Å²) < 4.78 is 35.9. The second-order valence-corrected chi connectivity index (χ2v) is 7.38. The average Bonchev–Trinajstić information content (AvgIpc) is 3.47. The second-order valence-electron chi connectivity index (χ2n) is 6.60. The SMILES string of the molecule is CNCCCOc1ccc(-n2nnnc2-c2cc(-c3ccsc3)cnc2N)c(F)c1F. The number of pyridine rings is 1. The van der Waals surface area contributed by atoms with Crippen LogP contribution in [0.4, 0.5) is 14.6 Å². The molecule has 0 amide bonds. The number of halogens is 2. The quantitative estimate of drug-likeness (QED) is 0.403. The first-order valence-corrected chi connectivity index (χ1v) is 10.4. The number of anilines is 1. The predicted molar refractivity (Wildman–Crippen MR) is 114 cm³/mol. The number of rotatable bonds is 8. The Morgan fingerprint density at radius 1 is 1.19 bits per heavy atom. The van der Waals surface area contributed by atoms with Gasteiger partial charge in [-0.2, -0.15) is 20.4 Å². The molecule has 0 atom stereocenters. The molecule has 0 unspecified atom stereocenters. The number of hydrogen-bond acceptors (Lipinski definition) is 8. The van der Waals surface area contributed by atoms with Crippen LogP contribution in [-0.4, -0.2) is 45.4 Å². The molecule has 0 saturated carbocycles. The Bertz CT molecular complexity index is 1180. The fraction of sp³-hybridized carbons (Fsp3) is 0.200. The van der Waals surface area contributed by atoms with Crippen LogP contribution in [0.5, 0.6) is 5.75 Å². The molecule has 0 radical (unpaired) electrons. The van der Waals surface area contributed by atoms with Crippen LogP contribution in [0.1, 0.15) is 6.42 Å². The Morgan fingerprint density at radius 2 is 2.06 bits per heavy atom. The fourth-order valence-electron chi connectivity index (χ4n) is 2.99. The molecule has 0 spiro atoms. The van der Waals surface area contributed by atoms with E-state index in [1.54, 1.807) is 30.6 Å². The summed E-state index contributed by atoms with van der Waals surface area (Å²) in [5, 5.41) is 18.3. The molecule has 0 fully saturated rings. The number of nitrogens with one attached hydrogen (secondary N) is 1. The Hall–Kier alpha value is -3.44. The summed E-state index contributed by atoms with van der Waals surface area (Å²) in [4.78, 5) is 4.21. The highest BCUT2D eigenvalue weighted by Crippen LogP contribution is 2.32. The third-order valence-corrected chi connectivity index (χ3v) is 5.25. The molecule has 4 rings (SSSR count). The van der Waals surface area contributed by atoms with Gasteiger partial charge in [0.1, 0.15) is 11.5 Å². The minimum absolute atomic E-state index is 0.142. The molecule has 0 aliphatic carbocycles. The summed E-state index contributed by atoms with van der Waals surface area (Å²) in [6.45, 7) is 0.959. The van der Waals surface area contributed by atoms with Crippen molar-refractivity contribution in [3.8, 4) is 34.0 Å². The van der Waals surface area contributed by atoms with E-state index in [2.05, 4.69) is 25.8 Å². The topological polar surface area (TPSA) is 104 Å². The Labute approximate surface area is 180 Å². The summed E-state index contributed by atoms with van der Waals surface area (Å²) in [5.41, 5.74) is 8.04. The second kappa shape index (κ2) is 9.14. The first-order chi connectivity index (χ1) is 15.1. The van der Waals surface area contributed by atoms with Gasteiger partial charge in [0.15, 0.2) is 17.4 Å². The first-order valence-electron chi connectivity index (χ1n) is 9.42. The molecule has 0 bridgehead atoms. The van der Waals surface area contributed by atoms with E-state index >= 15 is 0 Å². The number of tetrazole rings is 1. The van der Waals surface area contributed by atoms with Gasteiger partial charge in [0.05, 0.1) is 12.2 Å². The minimum atomic E-state index is -1.12. The van der Waals surface area contributed by atoms with Crippen LogP contribution in [0.2, 0.25) is 0 Å². The zero-order valence-corrected chi connectivity index (χ0v) is 17.4. The van der Waals surface area contributed by atoms with Crippen LogP contribution < -0.4 is 15.8 Å². The molecule has 31 heavy (non-hydrogen) atoms. The lowest BCUT2D eigenvalue weighted by molar-refractivity contribution is 0.289. The van der Waals surface area contributed by atoms with Gasteiger partial charge in [-0.15, -0.1) is 5.10 Å². The maximum Gasteiger partial charge on any atom is 0.202 e. The Morgan fingerprint density at radius 3 is 2.84 bits per heavy atom. The van der Waals surface area contributed by atoms with Crippen molar-refractivity contribution in [3.63, 3.8) is 0 Å². The van der Waals surface area contributed by atoms with E-state index in [-0.39, 0.29) is 29.7 Å². The van der Waals surface area contributed by atoms with Crippen LogP contribution in [0.25, 0.3) is 28.2 Å². The third kappa shape index (κ3) is 4.23.